The van der Waals surface area contributed by atoms with Crippen LogP contribution in [-0.4, -0.2) is 26.0 Å². The Kier molecular flexibility index (Phi) is 3.59. The zero-order valence-corrected chi connectivity index (χ0v) is 11.6. The van der Waals surface area contributed by atoms with Gasteiger partial charge < -0.3 is 5.32 Å². The minimum Gasteiger partial charge on any atom is -0.308 e. The lowest BCUT2D eigenvalue weighted by molar-refractivity contribution is 0.511. The van der Waals surface area contributed by atoms with Crippen LogP contribution in [0.15, 0.2) is 22.7 Å². The van der Waals surface area contributed by atoms with E-state index in [0.29, 0.717) is 11.6 Å². The van der Waals surface area contributed by atoms with Gasteiger partial charge in [0.25, 0.3) is 0 Å². The molecule has 0 saturated carbocycles. The molecule has 0 aromatic heterocycles. The third kappa shape index (κ3) is 2.97. The average molecular weight is 325 g/mol. The molecular weight excluding hydrogens is 314 g/mol. The maximum atomic E-state index is 10.9. The van der Waals surface area contributed by atoms with Gasteiger partial charge in [-0.25, -0.2) is 8.42 Å². The maximum absolute atomic E-state index is 10.9. The summed E-state index contributed by atoms with van der Waals surface area (Å²) >= 11 is 9.27. The third-order valence-corrected chi connectivity index (χ3v) is 5.54. The van der Waals surface area contributed by atoms with Crippen molar-refractivity contribution in [3.8, 4) is 0 Å². The fourth-order valence-electron chi connectivity index (χ4n) is 1.59. The van der Waals surface area contributed by atoms with Crippen molar-refractivity contribution < 1.29 is 8.42 Å². The minimum absolute atomic E-state index is 0.0902. The number of benzene rings is 1. The van der Waals surface area contributed by atoms with Gasteiger partial charge in [-0.15, -0.1) is 0 Å². The molecule has 0 bridgehead atoms. The van der Waals surface area contributed by atoms with Gasteiger partial charge in [0.15, 0.2) is 9.84 Å². The van der Waals surface area contributed by atoms with Crippen LogP contribution in [0.1, 0.15) is 5.56 Å². The molecule has 0 aliphatic carbocycles. The van der Waals surface area contributed by atoms with Gasteiger partial charge >= 0.3 is 0 Å². The molecule has 0 atom stereocenters. The van der Waals surface area contributed by atoms with Gasteiger partial charge in [-0.2, -0.15) is 0 Å². The van der Waals surface area contributed by atoms with E-state index in [4.69, 9.17) is 11.6 Å². The summed E-state index contributed by atoms with van der Waals surface area (Å²) in [6, 6.07) is 5.80. The molecular formula is C10H11BrClNO2S. The van der Waals surface area contributed by atoms with Crippen LogP contribution < -0.4 is 5.32 Å². The Morgan fingerprint density at radius 2 is 2.12 bits per heavy atom. The van der Waals surface area contributed by atoms with Gasteiger partial charge in [-0.3, -0.25) is 0 Å². The van der Waals surface area contributed by atoms with Gasteiger partial charge in [-0.05, 0) is 33.6 Å². The highest BCUT2D eigenvalue weighted by Gasteiger charge is 2.32. The van der Waals surface area contributed by atoms with Crippen LogP contribution in [0.5, 0.6) is 0 Å². The Morgan fingerprint density at radius 1 is 1.44 bits per heavy atom. The molecule has 16 heavy (non-hydrogen) atoms. The van der Waals surface area contributed by atoms with Crippen molar-refractivity contribution in [1.29, 1.82) is 0 Å². The van der Waals surface area contributed by atoms with E-state index in [0.717, 1.165) is 10.0 Å². The number of hydrogen-bond acceptors (Lipinski definition) is 3. The standard InChI is InChI=1S/C10H11BrClNO2S/c11-9-2-1-7(3-10(9)12)4-13-8-5-16(14,15)6-8/h1-3,8,13H,4-6H2. The second kappa shape index (κ2) is 4.64. The second-order valence-corrected chi connectivity index (χ2v) is 7.32. The molecule has 1 aliphatic heterocycles. The van der Waals surface area contributed by atoms with Crippen molar-refractivity contribution in [2.75, 3.05) is 11.5 Å². The Morgan fingerprint density at radius 3 is 2.69 bits per heavy atom. The van der Waals surface area contributed by atoms with E-state index in [-0.39, 0.29) is 17.5 Å². The lowest BCUT2D eigenvalue weighted by atomic mass is 10.2. The largest absolute Gasteiger partial charge is 0.308 e. The van der Waals surface area contributed by atoms with Crippen LogP contribution in [0, 0.1) is 0 Å². The summed E-state index contributed by atoms with van der Waals surface area (Å²) < 4.78 is 22.7. The first-order valence-electron chi connectivity index (χ1n) is 4.84. The first kappa shape index (κ1) is 12.4. The summed E-state index contributed by atoms with van der Waals surface area (Å²) in [6.45, 7) is 0.646. The fraction of sp³-hybridized carbons (Fsp3) is 0.400. The van der Waals surface area contributed by atoms with E-state index in [9.17, 15) is 8.42 Å². The average Bonchev–Trinajstić information content (AvgIpc) is 2.16. The first-order chi connectivity index (χ1) is 7.46. The summed E-state index contributed by atoms with van der Waals surface area (Å²) in [7, 11) is -2.75. The van der Waals surface area contributed by atoms with Gasteiger partial charge in [0.05, 0.1) is 16.5 Å². The van der Waals surface area contributed by atoms with Crippen LogP contribution >= 0.6 is 27.5 Å². The molecule has 3 nitrogen and oxygen atoms in total. The molecule has 0 radical (unpaired) electrons. The van der Waals surface area contributed by atoms with Gasteiger partial charge in [0.1, 0.15) is 0 Å². The van der Waals surface area contributed by atoms with Crippen LogP contribution in [0.2, 0.25) is 5.02 Å². The van der Waals surface area contributed by atoms with Crippen molar-refractivity contribution in [2.24, 2.45) is 0 Å². The molecule has 0 unspecified atom stereocenters. The number of sulfone groups is 1. The zero-order chi connectivity index (χ0) is 11.8. The van der Waals surface area contributed by atoms with E-state index in [2.05, 4.69) is 21.2 Å². The lowest BCUT2D eigenvalue weighted by Gasteiger charge is -2.26. The highest BCUT2D eigenvalue weighted by Crippen LogP contribution is 2.23. The molecule has 1 aromatic carbocycles. The van der Waals surface area contributed by atoms with E-state index < -0.39 is 9.84 Å². The van der Waals surface area contributed by atoms with Crippen LogP contribution in [-0.2, 0) is 16.4 Å². The van der Waals surface area contributed by atoms with Gasteiger partial charge in [-0.1, -0.05) is 17.7 Å². The Bertz CT molecular complexity index is 492. The predicted molar refractivity (Wildman–Crippen MR) is 68.4 cm³/mol. The SMILES string of the molecule is O=S1(=O)CC(NCc2ccc(Br)c(Cl)c2)C1. The molecule has 0 amide bonds. The van der Waals surface area contributed by atoms with E-state index in [1.54, 1.807) is 0 Å². The molecule has 1 fully saturated rings. The van der Waals surface area contributed by atoms with Gasteiger partial charge in [0, 0.05) is 17.1 Å². The summed E-state index contributed by atoms with van der Waals surface area (Å²) in [6.07, 6.45) is 0. The zero-order valence-electron chi connectivity index (χ0n) is 8.41. The summed E-state index contributed by atoms with van der Waals surface area (Å²) in [5.41, 5.74) is 1.05. The number of nitrogens with one attached hydrogen (secondary N) is 1. The fourth-order valence-corrected chi connectivity index (χ4v) is 3.41. The van der Waals surface area contributed by atoms with E-state index >= 15 is 0 Å². The lowest BCUT2D eigenvalue weighted by Crippen LogP contribution is -2.50. The number of rotatable bonds is 3. The van der Waals surface area contributed by atoms with Gasteiger partial charge in [0.2, 0.25) is 0 Å². The summed E-state index contributed by atoms with van der Waals surface area (Å²) in [5, 5.41) is 3.85. The Hall–Kier alpha value is -0.100. The summed E-state index contributed by atoms with van der Waals surface area (Å²) in [5.74, 6) is 0.495. The first-order valence-corrected chi connectivity index (χ1v) is 7.83. The molecule has 1 aliphatic rings. The molecule has 1 aromatic rings. The second-order valence-electron chi connectivity index (χ2n) is 3.90. The van der Waals surface area contributed by atoms with Crippen LogP contribution in [0.3, 0.4) is 0 Å². The molecule has 1 saturated heterocycles. The van der Waals surface area contributed by atoms with Crippen molar-refractivity contribution >= 4 is 37.4 Å². The number of halogens is 2. The Balaban J connectivity index is 1.89. The number of hydrogen-bond donors (Lipinski definition) is 1. The summed E-state index contributed by atoms with van der Waals surface area (Å²) in [4.78, 5) is 0. The highest BCUT2D eigenvalue weighted by atomic mass is 79.9. The van der Waals surface area contributed by atoms with Crippen molar-refractivity contribution in [1.82, 2.24) is 5.32 Å². The van der Waals surface area contributed by atoms with E-state index in [1.165, 1.54) is 0 Å². The topological polar surface area (TPSA) is 46.2 Å². The quantitative estimate of drug-likeness (QED) is 0.925. The Labute approximate surface area is 108 Å². The molecule has 2 rings (SSSR count). The van der Waals surface area contributed by atoms with Crippen LogP contribution in [0.25, 0.3) is 0 Å². The normalized spacial score (nSPS) is 19.4. The van der Waals surface area contributed by atoms with Crippen molar-refractivity contribution in [3.63, 3.8) is 0 Å². The smallest absolute Gasteiger partial charge is 0.153 e. The van der Waals surface area contributed by atoms with Crippen molar-refractivity contribution in [2.45, 2.75) is 12.6 Å². The molecule has 6 heteroatoms. The van der Waals surface area contributed by atoms with Crippen LogP contribution in [0.4, 0.5) is 0 Å². The minimum atomic E-state index is -2.75. The monoisotopic (exact) mass is 323 g/mol. The predicted octanol–water partition coefficient (Wildman–Crippen LogP) is 1.99. The molecule has 1 heterocycles. The molecule has 1 N–H and O–H groups in total. The highest BCUT2D eigenvalue weighted by molar-refractivity contribution is 9.10. The van der Waals surface area contributed by atoms with Crippen molar-refractivity contribution in [3.05, 3.63) is 33.3 Å². The molecule has 0 spiro atoms. The van der Waals surface area contributed by atoms with E-state index in [1.807, 2.05) is 18.2 Å². The third-order valence-electron chi connectivity index (χ3n) is 2.49. The maximum Gasteiger partial charge on any atom is 0.153 e. The molecule has 88 valence electrons.